The van der Waals surface area contributed by atoms with Crippen molar-refractivity contribution < 1.29 is 4.79 Å². The van der Waals surface area contributed by atoms with Crippen molar-refractivity contribution in [3.63, 3.8) is 0 Å². The molecular formula is C29H35N7O. The first-order valence-corrected chi connectivity index (χ1v) is 12.8. The molecule has 0 bridgehead atoms. The number of aromatic nitrogens is 5. The summed E-state index contributed by atoms with van der Waals surface area (Å²) in [5.41, 5.74) is 8.34. The molecule has 1 saturated heterocycles. The molecule has 5 rings (SSSR count). The van der Waals surface area contributed by atoms with Crippen LogP contribution < -0.4 is 5.32 Å². The molecule has 8 nitrogen and oxygen atoms in total. The Morgan fingerprint density at radius 1 is 1.08 bits per heavy atom. The van der Waals surface area contributed by atoms with Crippen LogP contribution in [-0.4, -0.2) is 48.7 Å². The molecule has 0 unspecified atom stereocenters. The van der Waals surface area contributed by atoms with Crippen molar-refractivity contribution in [1.82, 2.24) is 29.7 Å². The number of hydrogen-bond acceptors (Lipinski definition) is 5. The van der Waals surface area contributed by atoms with Gasteiger partial charge in [-0.05, 0) is 79.7 Å². The maximum Gasteiger partial charge on any atom is 0.255 e. The number of rotatable bonds is 6. The molecule has 1 aliphatic rings. The van der Waals surface area contributed by atoms with Crippen molar-refractivity contribution in [2.24, 2.45) is 7.05 Å². The zero-order valence-corrected chi connectivity index (χ0v) is 22.5. The van der Waals surface area contributed by atoms with E-state index in [1.54, 1.807) is 10.9 Å². The van der Waals surface area contributed by atoms with Crippen LogP contribution in [0.15, 0.2) is 48.8 Å². The first-order valence-electron chi connectivity index (χ1n) is 12.8. The molecule has 0 spiro atoms. The van der Waals surface area contributed by atoms with Gasteiger partial charge >= 0.3 is 0 Å². The molecule has 2 aromatic heterocycles. The summed E-state index contributed by atoms with van der Waals surface area (Å²) in [5.74, 6) is -0.148. The van der Waals surface area contributed by atoms with E-state index in [2.05, 4.69) is 64.6 Å². The van der Waals surface area contributed by atoms with Crippen molar-refractivity contribution in [2.45, 2.75) is 53.0 Å². The molecule has 0 atom stereocenters. The third-order valence-corrected chi connectivity index (χ3v) is 7.19. The fourth-order valence-electron chi connectivity index (χ4n) is 4.54. The van der Waals surface area contributed by atoms with Crippen LogP contribution in [0, 0.1) is 13.8 Å². The van der Waals surface area contributed by atoms with Crippen LogP contribution in [0.1, 0.15) is 59.9 Å². The monoisotopic (exact) mass is 497 g/mol. The summed E-state index contributed by atoms with van der Waals surface area (Å²) in [4.78, 5) is 15.8. The molecule has 0 saturated carbocycles. The van der Waals surface area contributed by atoms with Crippen molar-refractivity contribution in [2.75, 3.05) is 18.4 Å². The van der Waals surface area contributed by atoms with Crippen LogP contribution in [0.2, 0.25) is 0 Å². The summed E-state index contributed by atoms with van der Waals surface area (Å²) in [5, 5.41) is 16.1. The van der Waals surface area contributed by atoms with E-state index < -0.39 is 0 Å². The summed E-state index contributed by atoms with van der Waals surface area (Å²) in [7, 11) is 1.90. The predicted octanol–water partition coefficient (Wildman–Crippen LogP) is 5.04. The smallest absolute Gasteiger partial charge is 0.255 e. The zero-order valence-electron chi connectivity index (χ0n) is 22.5. The van der Waals surface area contributed by atoms with E-state index in [1.165, 1.54) is 17.5 Å². The number of amides is 1. The molecule has 1 fully saturated rings. The molecule has 0 radical (unpaired) electrons. The Morgan fingerprint density at radius 3 is 2.51 bits per heavy atom. The summed E-state index contributed by atoms with van der Waals surface area (Å²) in [6.45, 7) is 13.8. The molecule has 192 valence electrons. The number of nitrogens with one attached hydrogen (secondary N) is 1. The minimum atomic E-state index is -0.148. The van der Waals surface area contributed by atoms with Gasteiger partial charge in [0.05, 0.1) is 18.1 Å². The summed E-state index contributed by atoms with van der Waals surface area (Å²) < 4.78 is 3.54. The van der Waals surface area contributed by atoms with Gasteiger partial charge in [-0.1, -0.05) is 38.1 Å². The minimum Gasteiger partial charge on any atom is -0.322 e. The van der Waals surface area contributed by atoms with Crippen LogP contribution in [0.25, 0.3) is 16.9 Å². The minimum absolute atomic E-state index is 0.0150. The Kier molecular flexibility index (Phi) is 6.45. The lowest BCUT2D eigenvalue weighted by Crippen LogP contribution is -2.36. The average Bonchev–Trinajstić information content (AvgIpc) is 3.42. The van der Waals surface area contributed by atoms with Crippen LogP contribution in [0.4, 0.5) is 5.69 Å². The van der Waals surface area contributed by atoms with Gasteiger partial charge in [0.15, 0.2) is 0 Å². The van der Waals surface area contributed by atoms with E-state index in [-0.39, 0.29) is 11.3 Å². The van der Waals surface area contributed by atoms with Gasteiger partial charge in [-0.15, -0.1) is 5.10 Å². The number of carbonyl (C=O) groups is 1. The Hall–Kier alpha value is -3.78. The first kappa shape index (κ1) is 24.9. The molecule has 4 aromatic rings. The van der Waals surface area contributed by atoms with Crippen molar-refractivity contribution >= 4 is 11.6 Å². The number of benzene rings is 2. The van der Waals surface area contributed by atoms with E-state index in [0.29, 0.717) is 5.56 Å². The van der Waals surface area contributed by atoms with Gasteiger partial charge in [-0.25, -0.2) is 4.68 Å². The average molecular weight is 498 g/mol. The van der Waals surface area contributed by atoms with E-state index >= 15 is 0 Å². The summed E-state index contributed by atoms with van der Waals surface area (Å²) in [6.07, 6.45) is 4.93. The topological polar surface area (TPSA) is 80.9 Å². The van der Waals surface area contributed by atoms with Crippen LogP contribution >= 0.6 is 0 Å². The van der Waals surface area contributed by atoms with E-state index in [4.69, 9.17) is 0 Å². The number of hydrogen-bond donors (Lipinski definition) is 1. The normalized spacial score (nSPS) is 14.0. The zero-order chi connectivity index (χ0) is 26.3. The van der Waals surface area contributed by atoms with Gasteiger partial charge in [-0.2, -0.15) is 5.10 Å². The first-order chi connectivity index (χ1) is 17.6. The Bertz CT molecular complexity index is 1450. The standard InChI is InChI=1S/C29H35N7O/c1-19-8-9-22(14-27(19)36-18-26(32-33-36)25-16-30-34(6)20(25)2)28(37)31-24-13-21(17-35-10-7-11-35)12-23(15-24)29(3,4)5/h8-9,12-16,18H,7,10-11,17H2,1-6H3,(H,31,37). The molecule has 1 N–H and O–H groups in total. The van der Waals surface area contributed by atoms with Gasteiger partial charge in [0.1, 0.15) is 5.69 Å². The highest BCUT2D eigenvalue weighted by molar-refractivity contribution is 6.04. The number of nitrogens with zero attached hydrogens (tertiary/aromatic N) is 6. The maximum absolute atomic E-state index is 13.4. The molecule has 0 aliphatic carbocycles. The Morgan fingerprint density at radius 2 is 1.86 bits per heavy atom. The largest absolute Gasteiger partial charge is 0.322 e. The van der Waals surface area contributed by atoms with Gasteiger partial charge < -0.3 is 5.32 Å². The quantitative estimate of drug-likeness (QED) is 0.404. The second kappa shape index (κ2) is 9.59. The summed E-state index contributed by atoms with van der Waals surface area (Å²) >= 11 is 0. The molecule has 1 amide bonds. The Labute approximate surface area is 218 Å². The fourth-order valence-corrected chi connectivity index (χ4v) is 4.54. The van der Waals surface area contributed by atoms with Gasteiger partial charge in [0.25, 0.3) is 5.91 Å². The van der Waals surface area contributed by atoms with Crippen molar-refractivity contribution in [1.29, 1.82) is 0 Å². The number of aryl methyl sites for hydroxylation is 2. The Balaban J connectivity index is 1.41. The van der Waals surface area contributed by atoms with Crippen molar-refractivity contribution in [3.8, 4) is 16.9 Å². The SMILES string of the molecule is Cc1ccc(C(=O)Nc2cc(CN3CCC3)cc(C(C)(C)C)c2)cc1-n1cc(-c2cnn(C)c2C)nn1. The fraction of sp³-hybridized carbons (Fsp3) is 0.379. The van der Waals surface area contributed by atoms with E-state index in [1.807, 2.05) is 50.0 Å². The van der Waals surface area contributed by atoms with Crippen LogP contribution in [0.5, 0.6) is 0 Å². The third kappa shape index (κ3) is 5.20. The second-order valence-corrected chi connectivity index (χ2v) is 11.1. The van der Waals surface area contributed by atoms with E-state index in [9.17, 15) is 4.79 Å². The molecule has 8 heteroatoms. The van der Waals surface area contributed by atoms with Gasteiger partial charge in [-0.3, -0.25) is 14.4 Å². The highest BCUT2D eigenvalue weighted by Gasteiger charge is 2.20. The number of likely N-dealkylation sites (tertiary alicyclic amines) is 1. The maximum atomic E-state index is 13.4. The highest BCUT2D eigenvalue weighted by Crippen LogP contribution is 2.29. The van der Waals surface area contributed by atoms with E-state index in [0.717, 1.165) is 53.5 Å². The lowest BCUT2D eigenvalue weighted by molar-refractivity contribution is 0.102. The van der Waals surface area contributed by atoms with Crippen LogP contribution in [-0.2, 0) is 19.0 Å². The lowest BCUT2D eigenvalue weighted by atomic mass is 9.85. The molecule has 1 aliphatic heterocycles. The lowest BCUT2D eigenvalue weighted by Gasteiger charge is -2.31. The van der Waals surface area contributed by atoms with Gasteiger partial charge in [0.2, 0.25) is 0 Å². The molecular weight excluding hydrogens is 462 g/mol. The van der Waals surface area contributed by atoms with Gasteiger partial charge in [0, 0.05) is 36.1 Å². The predicted molar refractivity (Wildman–Crippen MR) is 146 cm³/mol. The molecule has 3 heterocycles. The molecule has 2 aromatic carbocycles. The number of carbonyl (C=O) groups excluding carboxylic acids is 1. The number of anilines is 1. The second-order valence-electron chi connectivity index (χ2n) is 11.1. The van der Waals surface area contributed by atoms with Crippen molar-refractivity contribution in [3.05, 3.63) is 76.7 Å². The summed E-state index contributed by atoms with van der Waals surface area (Å²) in [6, 6.07) is 12.1. The highest BCUT2D eigenvalue weighted by atomic mass is 16.1. The third-order valence-electron chi connectivity index (χ3n) is 7.19. The van der Waals surface area contributed by atoms with Crippen LogP contribution in [0.3, 0.4) is 0 Å². The molecule has 37 heavy (non-hydrogen) atoms.